The molecule has 1 aliphatic rings. The number of hydrogen-bond donors (Lipinski definition) is 2. The Morgan fingerprint density at radius 2 is 2.08 bits per heavy atom. The van der Waals surface area contributed by atoms with Gasteiger partial charge in [0.1, 0.15) is 5.56 Å². The summed E-state index contributed by atoms with van der Waals surface area (Å²) in [7, 11) is 0. The van der Waals surface area contributed by atoms with Crippen molar-refractivity contribution in [2.24, 2.45) is 5.92 Å². The average molecular weight is 443 g/mol. The highest BCUT2D eigenvalue weighted by Gasteiger charge is 2.27. The number of benzene rings is 1. The Hall–Kier alpha value is -1.45. The second-order valence-electron chi connectivity index (χ2n) is 5.95. The zero-order valence-electron chi connectivity index (χ0n) is 12.9. The maximum absolute atomic E-state index is 12.5. The lowest BCUT2D eigenvalue weighted by atomic mass is 9.91. The van der Waals surface area contributed by atoms with E-state index in [1.807, 2.05) is 12.1 Å². The van der Waals surface area contributed by atoms with Gasteiger partial charge in [0.05, 0.1) is 18.2 Å². The van der Waals surface area contributed by atoms with Crippen LogP contribution in [0.5, 0.6) is 0 Å². The molecule has 3 rings (SSSR count). The number of fused-ring (bicyclic) bond motifs is 1. The molecular weight excluding hydrogens is 425 g/mol. The van der Waals surface area contributed by atoms with Crippen LogP contribution in [-0.2, 0) is 4.74 Å². The lowest BCUT2D eigenvalue weighted by molar-refractivity contribution is 0.0370. The van der Waals surface area contributed by atoms with Crippen LogP contribution in [0, 0.1) is 9.49 Å². The van der Waals surface area contributed by atoms with E-state index in [2.05, 4.69) is 22.6 Å². The molecule has 24 heavy (non-hydrogen) atoms. The van der Waals surface area contributed by atoms with Crippen LogP contribution in [0.1, 0.15) is 29.2 Å². The van der Waals surface area contributed by atoms with Crippen LogP contribution in [-0.4, -0.2) is 40.6 Å². The first-order valence-electron chi connectivity index (χ1n) is 7.79. The molecule has 0 saturated carbocycles. The van der Waals surface area contributed by atoms with Crippen LogP contribution in [0.3, 0.4) is 0 Å². The zero-order valence-corrected chi connectivity index (χ0v) is 15.1. The molecule has 1 unspecified atom stereocenters. The Morgan fingerprint density at radius 1 is 1.38 bits per heavy atom. The van der Waals surface area contributed by atoms with Gasteiger partial charge in [0, 0.05) is 28.4 Å². The first-order chi connectivity index (χ1) is 11.5. The van der Waals surface area contributed by atoms with Crippen molar-refractivity contribution in [2.45, 2.75) is 18.9 Å². The summed E-state index contributed by atoms with van der Waals surface area (Å²) in [5, 5.41) is 19.7. The van der Waals surface area contributed by atoms with Gasteiger partial charge in [0.15, 0.2) is 0 Å². The third kappa shape index (κ3) is 3.20. The summed E-state index contributed by atoms with van der Waals surface area (Å²) in [6.45, 7) is 1.14. The maximum atomic E-state index is 12.5. The largest absolute Gasteiger partial charge is 0.477 e. The second kappa shape index (κ2) is 7.20. The van der Waals surface area contributed by atoms with Crippen molar-refractivity contribution >= 4 is 39.5 Å². The molecule has 1 atom stereocenters. The standard InChI is InChI=1S/C17H18INO5/c18-11-1-2-14-12(7-11)16(21)13(17(22)23)8-19(14)15(9-20)10-3-5-24-6-4-10/h1-2,7-8,10,15,20H,3-6,9H2,(H,22,23). The normalized spacial score (nSPS) is 17.1. The average Bonchev–Trinajstić information content (AvgIpc) is 2.58. The van der Waals surface area contributed by atoms with Gasteiger partial charge in [-0.25, -0.2) is 4.79 Å². The number of carbonyl (C=O) groups is 1. The Bertz CT molecular complexity index is 826. The summed E-state index contributed by atoms with van der Waals surface area (Å²) in [5.41, 5.74) is -0.109. The van der Waals surface area contributed by atoms with E-state index in [-0.39, 0.29) is 24.1 Å². The molecule has 1 saturated heterocycles. The Labute approximate surface area is 152 Å². The fraction of sp³-hybridized carbons (Fsp3) is 0.412. The molecule has 1 fully saturated rings. The highest BCUT2D eigenvalue weighted by Crippen LogP contribution is 2.30. The fourth-order valence-corrected chi connectivity index (χ4v) is 3.81. The predicted molar refractivity (Wildman–Crippen MR) is 97.6 cm³/mol. The number of ether oxygens (including phenoxy) is 1. The van der Waals surface area contributed by atoms with E-state index < -0.39 is 11.4 Å². The molecule has 1 aromatic carbocycles. The monoisotopic (exact) mass is 443 g/mol. The number of nitrogens with zero attached hydrogens (tertiary/aromatic N) is 1. The van der Waals surface area contributed by atoms with Crippen LogP contribution < -0.4 is 5.43 Å². The number of halogens is 1. The van der Waals surface area contributed by atoms with Crippen LogP contribution >= 0.6 is 22.6 Å². The summed E-state index contributed by atoms with van der Waals surface area (Å²) in [6.07, 6.45) is 2.97. The number of pyridine rings is 1. The first kappa shape index (κ1) is 17.4. The summed E-state index contributed by atoms with van der Waals surface area (Å²) in [4.78, 5) is 24.0. The molecule has 2 heterocycles. The van der Waals surface area contributed by atoms with Crippen molar-refractivity contribution in [3.63, 3.8) is 0 Å². The molecule has 6 nitrogen and oxygen atoms in total. The number of aromatic nitrogens is 1. The second-order valence-corrected chi connectivity index (χ2v) is 7.19. The van der Waals surface area contributed by atoms with Crippen LogP contribution in [0.2, 0.25) is 0 Å². The van der Waals surface area contributed by atoms with E-state index in [0.29, 0.717) is 24.1 Å². The van der Waals surface area contributed by atoms with Crippen LogP contribution in [0.4, 0.5) is 0 Å². The van der Waals surface area contributed by atoms with Gasteiger partial charge in [0.25, 0.3) is 0 Å². The third-order valence-electron chi connectivity index (χ3n) is 4.58. The molecule has 0 amide bonds. The van der Waals surface area contributed by atoms with Crippen molar-refractivity contribution in [1.29, 1.82) is 0 Å². The van der Waals surface area contributed by atoms with E-state index in [1.165, 1.54) is 6.20 Å². The first-order valence-corrected chi connectivity index (χ1v) is 8.87. The minimum Gasteiger partial charge on any atom is -0.477 e. The smallest absolute Gasteiger partial charge is 0.341 e. The molecule has 2 aromatic rings. The molecular formula is C17H18INO5. The lowest BCUT2D eigenvalue weighted by Crippen LogP contribution is -2.30. The summed E-state index contributed by atoms with van der Waals surface area (Å²) in [6, 6.07) is 5.10. The van der Waals surface area contributed by atoms with Crippen LogP contribution in [0.25, 0.3) is 10.9 Å². The van der Waals surface area contributed by atoms with E-state index in [4.69, 9.17) is 4.74 Å². The number of aliphatic hydroxyl groups is 1. The molecule has 0 aliphatic carbocycles. The molecule has 128 valence electrons. The van der Waals surface area contributed by atoms with Crippen molar-refractivity contribution < 1.29 is 19.7 Å². The number of carboxylic acids is 1. The number of aromatic carboxylic acids is 1. The Kier molecular flexibility index (Phi) is 5.21. The maximum Gasteiger partial charge on any atom is 0.341 e. The quantitative estimate of drug-likeness (QED) is 0.708. The van der Waals surface area contributed by atoms with Gasteiger partial charge in [-0.3, -0.25) is 4.79 Å². The van der Waals surface area contributed by atoms with Gasteiger partial charge in [-0.1, -0.05) is 0 Å². The number of rotatable bonds is 4. The van der Waals surface area contributed by atoms with Gasteiger partial charge in [0.2, 0.25) is 5.43 Å². The van der Waals surface area contributed by atoms with Crippen molar-refractivity contribution in [2.75, 3.05) is 19.8 Å². The number of carboxylic acid groups (broad SMARTS) is 1. The minimum atomic E-state index is -1.25. The Balaban J connectivity index is 2.23. The molecule has 0 radical (unpaired) electrons. The molecule has 0 spiro atoms. The van der Waals surface area contributed by atoms with Gasteiger partial charge in [-0.2, -0.15) is 0 Å². The van der Waals surface area contributed by atoms with Crippen molar-refractivity contribution in [1.82, 2.24) is 4.57 Å². The van der Waals surface area contributed by atoms with Gasteiger partial charge in [-0.15, -0.1) is 0 Å². The van der Waals surface area contributed by atoms with E-state index in [1.54, 1.807) is 10.6 Å². The third-order valence-corrected chi connectivity index (χ3v) is 5.25. The van der Waals surface area contributed by atoms with Crippen LogP contribution in [0.15, 0.2) is 29.2 Å². The predicted octanol–water partition coefficient (Wildman–Crippen LogP) is 2.26. The molecule has 0 bridgehead atoms. The van der Waals surface area contributed by atoms with Gasteiger partial charge in [-0.05, 0) is 59.5 Å². The lowest BCUT2D eigenvalue weighted by Gasteiger charge is -2.32. The highest BCUT2D eigenvalue weighted by atomic mass is 127. The molecule has 2 N–H and O–H groups in total. The Morgan fingerprint density at radius 3 is 2.71 bits per heavy atom. The van der Waals surface area contributed by atoms with Gasteiger partial charge >= 0.3 is 5.97 Å². The minimum absolute atomic E-state index is 0.117. The molecule has 1 aromatic heterocycles. The molecule has 7 heteroatoms. The SMILES string of the molecule is O=C(O)c1cn(C(CO)C2CCOCC2)c2ccc(I)cc2c1=O. The van der Waals surface area contributed by atoms with E-state index in [0.717, 1.165) is 16.4 Å². The topological polar surface area (TPSA) is 88.8 Å². The van der Waals surface area contributed by atoms with Gasteiger partial charge < -0.3 is 19.5 Å². The zero-order chi connectivity index (χ0) is 17.3. The highest BCUT2D eigenvalue weighted by molar-refractivity contribution is 14.1. The fourth-order valence-electron chi connectivity index (χ4n) is 3.32. The summed E-state index contributed by atoms with van der Waals surface area (Å²) >= 11 is 2.09. The number of hydrogen-bond acceptors (Lipinski definition) is 4. The number of aliphatic hydroxyl groups excluding tert-OH is 1. The summed E-state index contributed by atoms with van der Waals surface area (Å²) < 4.78 is 7.99. The van der Waals surface area contributed by atoms with E-state index >= 15 is 0 Å². The molecule has 1 aliphatic heterocycles. The van der Waals surface area contributed by atoms with Crippen molar-refractivity contribution in [3.8, 4) is 0 Å². The van der Waals surface area contributed by atoms with E-state index in [9.17, 15) is 19.8 Å². The summed E-state index contributed by atoms with van der Waals surface area (Å²) in [5.74, 6) is -1.08. The van der Waals surface area contributed by atoms with Crippen molar-refractivity contribution in [3.05, 3.63) is 43.8 Å².